The van der Waals surface area contributed by atoms with Crippen molar-refractivity contribution in [3.63, 3.8) is 0 Å². The quantitative estimate of drug-likeness (QED) is 0.683. The first kappa shape index (κ1) is 8.67. The summed E-state index contributed by atoms with van der Waals surface area (Å²) >= 11 is 5.14. The number of hydrogen-bond donors (Lipinski definition) is 1. The van der Waals surface area contributed by atoms with Gasteiger partial charge in [0, 0.05) is 6.20 Å². The van der Waals surface area contributed by atoms with Crippen molar-refractivity contribution in [2.75, 3.05) is 0 Å². The van der Waals surface area contributed by atoms with Gasteiger partial charge in [-0.3, -0.25) is 14.6 Å². The number of carbonyl (C=O) groups excluding carboxylic acids is 2. The highest BCUT2D eigenvalue weighted by Crippen LogP contribution is 2.02. The number of nitrogens with two attached hydrogens (primary N) is 1. The van der Waals surface area contributed by atoms with Gasteiger partial charge in [0.05, 0.1) is 5.56 Å². The average Bonchev–Trinajstić information content (AvgIpc) is 2.04. The minimum Gasteiger partial charge on any atom is -0.364 e. The van der Waals surface area contributed by atoms with Gasteiger partial charge in [-0.2, -0.15) is 0 Å². The number of hydrogen-bond acceptors (Lipinski definition) is 3. The van der Waals surface area contributed by atoms with Crippen LogP contribution in [-0.2, 0) is 0 Å². The Morgan fingerprint density at radius 2 is 2.08 bits per heavy atom. The van der Waals surface area contributed by atoms with Crippen LogP contribution in [0.5, 0.6) is 0 Å². The molecule has 1 heterocycles. The predicted octanol–water partition coefficient (Wildman–Crippen LogP) is 0.559. The largest absolute Gasteiger partial charge is 0.364 e. The summed E-state index contributed by atoms with van der Waals surface area (Å²) in [5.41, 5.74) is 5.27. The molecule has 0 saturated heterocycles. The average molecular weight is 185 g/mol. The Bertz CT molecular complexity index is 288. The van der Waals surface area contributed by atoms with E-state index in [0.717, 1.165) is 0 Å². The van der Waals surface area contributed by atoms with Crippen LogP contribution in [0.25, 0.3) is 0 Å². The van der Waals surface area contributed by atoms with Crippen LogP contribution in [0.15, 0.2) is 18.3 Å². The van der Waals surface area contributed by atoms with Crippen LogP contribution in [0.4, 0.5) is 0 Å². The Morgan fingerprint density at radius 1 is 1.42 bits per heavy atom. The first-order chi connectivity index (χ1) is 5.61. The summed E-state index contributed by atoms with van der Waals surface area (Å²) in [6, 6.07) is 2.74. The van der Waals surface area contributed by atoms with Crippen molar-refractivity contribution in [1.82, 2.24) is 4.98 Å². The lowest BCUT2D eigenvalue weighted by atomic mass is 10.2. The number of nitrogens with zero attached hydrogens (tertiary/aromatic N) is 1. The molecular formula is C7H5ClN2O2. The normalized spacial score (nSPS) is 9.42. The minimum atomic E-state index is -0.636. The lowest BCUT2D eigenvalue weighted by molar-refractivity contribution is 0.0993. The van der Waals surface area contributed by atoms with E-state index in [-0.39, 0.29) is 11.3 Å². The fourth-order valence-corrected chi connectivity index (χ4v) is 0.768. The Balaban J connectivity index is 3.01. The van der Waals surface area contributed by atoms with E-state index in [2.05, 4.69) is 4.98 Å². The van der Waals surface area contributed by atoms with E-state index in [0.29, 0.717) is 0 Å². The molecule has 0 aliphatic heterocycles. The standard InChI is InChI=1S/C7H5ClN2O2/c8-6(11)4-1-2-5(7(9)12)10-3-4/h1-3H,(H2,9,12). The molecule has 2 N–H and O–H groups in total. The molecule has 12 heavy (non-hydrogen) atoms. The zero-order valence-corrected chi connectivity index (χ0v) is 6.71. The number of aromatic nitrogens is 1. The Kier molecular flexibility index (Phi) is 2.40. The summed E-state index contributed by atoms with van der Waals surface area (Å²) in [5, 5.41) is -0.612. The molecule has 0 bridgehead atoms. The number of amides is 1. The second-order valence-electron chi connectivity index (χ2n) is 2.07. The number of halogens is 1. The molecule has 0 radical (unpaired) electrons. The zero-order chi connectivity index (χ0) is 9.14. The molecule has 0 aromatic carbocycles. The van der Waals surface area contributed by atoms with Gasteiger partial charge in [-0.05, 0) is 23.7 Å². The molecule has 62 valence electrons. The van der Waals surface area contributed by atoms with Gasteiger partial charge in [-0.1, -0.05) is 0 Å². The maximum Gasteiger partial charge on any atom is 0.267 e. The monoisotopic (exact) mass is 184 g/mol. The summed E-state index contributed by atoms with van der Waals surface area (Å²) in [4.78, 5) is 24.7. The van der Waals surface area contributed by atoms with Gasteiger partial charge in [0.15, 0.2) is 0 Å². The molecule has 1 amide bonds. The molecule has 0 atom stereocenters. The van der Waals surface area contributed by atoms with Crippen molar-refractivity contribution in [2.45, 2.75) is 0 Å². The fraction of sp³-hybridized carbons (Fsp3) is 0. The Morgan fingerprint density at radius 3 is 2.42 bits per heavy atom. The van der Waals surface area contributed by atoms with E-state index >= 15 is 0 Å². The van der Waals surface area contributed by atoms with E-state index in [9.17, 15) is 9.59 Å². The van der Waals surface area contributed by atoms with Crippen molar-refractivity contribution in [2.24, 2.45) is 5.73 Å². The van der Waals surface area contributed by atoms with E-state index in [4.69, 9.17) is 17.3 Å². The summed E-state index contributed by atoms with van der Waals surface area (Å²) in [6.07, 6.45) is 1.20. The van der Waals surface area contributed by atoms with Crippen LogP contribution in [0, 0.1) is 0 Å². The molecule has 1 aromatic rings. The number of carbonyl (C=O) groups is 2. The third kappa shape index (κ3) is 1.79. The van der Waals surface area contributed by atoms with Gasteiger partial charge in [-0.25, -0.2) is 0 Å². The first-order valence-electron chi connectivity index (χ1n) is 3.07. The highest BCUT2D eigenvalue weighted by atomic mass is 35.5. The molecule has 0 aliphatic rings. The molecule has 0 aliphatic carbocycles. The molecule has 1 rings (SSSR count). The van der Waals surface area contributed by atoms with Gasteiger partial charge in [-0.15, -0.1) is 0 Å². The molecular weight excluding hydrogens is 180 g/mol. The third-order valence-electron chi connectivity index (χ3n) is 1.24. The van der Waals surface area contributed by atoms with Crippen LogP contribution in [-0.4, -0.2) is 16.1 Å². The van der Waals surface area contributed by atoms with Crippen LogP contribution >= 0.6 is 11.6 Å². The van der Waals surface area contributed by atoms with Crippen LogP contribution in [0.3, 0.4) is 0 Å². The summed E-state index contributed by atoms with van der Waals surface area (Å²) in [6.45, 7) is 0. The van der Waals surface area contributed by atoms with Gasteiger partial charge in [0.2, 0.25) is 0 Å². The minimum absolute atomic E-state index is 0.108. The fourth-order valence-electron chi connectivity index (χ4n) is 0.656. The van der Waals surface area contributed by atoms with Gasteiger partial charge < -0.3 is 5.73 Å². The van der Waals surface area contributed by atoms with Crippen LogP contribution in [0.2, 0.25) is 0 Å². The predicted molar refractivity (Wildman–Crippen MR) is 42.9 cm³/mol. The van der Waals surface area contributed by atoms with Crippen molar-refractivity contribution in [3.8, 4) is 0 Å². The molecule has 0 saturated carbocycles. The van der Waals surface area contributed by atoms with Gasteiger partial charge >= 0.3 is 0 Å². The van der Waals surface area contributed by atoms with Crippen molar-refractivity contribution >= 4 is 22.8 Å². The van der Waals surface area contributed by atoms with E-state index in [1.54, 1.807) is 0 Å². The highest BCUT2D eigenvalue weighted by molar-refractivity contribution is 6.67. The molecule has 0 fully saturated rings. The highest BCUT2D eigenvalue weighted by Gasteiger charge is 2.04. The van der Waals surface area contributed by atoms with Crippen LogP contribution in [0.1, 0.15) is 20.8 Å². The van der Waals surface area contributed by atoms with E-state index in [1.165, 1.54) is 18.3 Å². The summed E-state index contributed by atoms with van der Waals surface area (Å²) in [5.74, 6) is -0.636. The maximum absolute atomic E-state index is 10.5. The van der Waals surface area contributed by atoms with Crippen molar-refractivity contribution < 1.29 is 9.59 Å². The molecule has 0 unspecified atom stereocenters. The molecule has 5 heteroatoms. The number of rotatable bonds is 2. The van der Waals surface area contributed by atoms with E-state index < -0.39 is 11.1 Å². The maximum atomic E-state index is 10.5. The summed E-state index contributed by atoms with van der Waals surface area (Å²) < 4.78 is 0. The summed E-state index contributed by atoms with van der Waals surface area (Å²) in [7, 11) is 0. The van der Waals surface area contributed by atoms with E-state index in [1.807, 2.05) is 0 Å². The van der Waals surface area contributed by atoms with Crippen LogP contribution < -0.4 is 5.73 Å². The number of pyridine rings is 1. The lowest BCUT2D eigenvalue weighted by Gasteiger charge is -1.94. The Labute approximate surface area is 73.3 Å². The smallest absolute Gasteiger partial charge is 0.267 e. The lowest BCUT2D eigenvalue weighted by Crippen LogP contribution is -2.12. The molecule has 0 spiro atoms. The first-order valence-corrected chi connectivity index (χ1v) is 3.45. The topological polar surface area (TPSA) is 73.1 Å². The molecule has 1 aromatic heterocycles. The molecule has 4 nitrogen and oxygen atoms in total. The van der Waals surface area contributed by atoms with Crippen molar-refractivity contribution in [3.05, 3.63) is 29.6 Å². The second-order valence-corrected chi connectivity index (χ2v) is 2.41. The zero-order valence-electron chi connectivity index (χ0n) is 5.95. The number of primary amides is 1. The SMILES string of the molecule is NC(=O)c1ccc(C(=O)Cl)cn1. The Hall–Kier alpha value is -1.42. The van der Waals surface area contributed by atoms with Gasteiger partial charge in [0.1, 0.15) is 5.69 Å². The second kappa shape index (κ2) is 3.32. The van der Waals surface area contributed by atoms with Crippen molar-refractivity contribution in [1.29, 1.82) is 0 Å². The van der Waals surface area contributed by atoms with Gasteiger partial charge in [0.25, 0.3) is 11.1 Å². The third-order valence-corrected chi connectivity index (χ3v) is 1.46.